The van der Waals surface area contributed by atoms with Crippen LogP contribution in [0.25, 0.3) is 22.4 Å². The normalized spacial score (nSPS) is 11.7. The van der Waals surface area contributed by atoms with Crippen LogP contribution in [0.2, 0.25) is 0 Å². The Morgan fingerprint density at radius 3 is 1.70 bits per heavy atom. The highest BCUT2D eigenvalue weighted by Crippen LogP contribution is 2.28. The first-order valence-corrected chi connectivity index (χ1v) is 14.0. The van der Waals surface area contributed by atoms with E-state index in [1.54, 1.807) is 12.1 Å². The Bertz CT molecular complexity index is 1420. The van der Waals surface area contributed by atoms with Crippen molar-refractivity contribution in [2.45, 2.75) is 31.2 Å². The number of rotatable bonds is 6. The van der Waals surface area contributed by atoms with Crippen LogP contribution in [0.1, 0.15) is 31.0 Å². The Hall–Kier alpha value is -3.15. The molecule has 0 spiro atoms. The number of sulfonamides is 1. The molecule has 0 aliphatic carbocycles. The molecule has 0 unspecified atom stereocenters. The minimum absolute atomic E-state index is 0.123. The summed E-state index contributed by atoms with van der Waals surface area (Å²) in [5.41, 5.74) is 6.82. The maximum Gasteiger partial charge on any atom is 0.238 e. The summed E-state index contributed by atoms with van der Waals surface area (Å²) in [5.74, 6) is 0.296. The van der Waals surface area contributed by atoms with Crippen molar-refractivity contribution in [2.75, 3.05) is 0 Å². The van der Waals surface area contributed by atoms with Gasteiger partial charge in [0.2, 0.25) is 15.7 Å². The van der Waals surface area contributed by atoms with E-state index in [4.69, 9.17) is 23.8 Å². The van der Waals surface area contributed by atoms with Crippen LogP contribution in [0, 0.1) is 10.2 Å². The molecule has 10 heteroatoms. The molecule has 37 heavy (non-hydrogen) atoms. The summed E-state index contributed by atoms with van der Waals surface area (Å²) in [5, 5.41) is 5.26. The van der Waals surface area contributed by atoms with Gasteiger partial charge < -0.3 is 0 Å². The number of pyridine rings is 1. The Morgan fingerprint density at radius 2 is 1.24 bits per heavy atom. The van der Waals surface area contributed by atoms with Gasteiger partial charge in [-0.3, -0.25) is 0 Å². The van der Waals surface area contributed by atoms with Crippen molar-refractivity contribution in [1.82, 2.24) is 0 Å². The second-order valence-corrected chi connectivity index (χ2v) is 10.9. The average Bonchev–Trinajstić information content (AvgIpc) is 2.84. The SMILES string of the molecule is CC(C)c1cc(-c2ccccc2)cc(-c2ccccc2)[n+]1Cc1ccc(S(N)(=O)=O)cc1.[O-][Cl+3]([O-])([O-])[O-]. The van der Waals surface area contributed by atoms with Crippen molar-refractivity contribution in [3.8, 4) is 22.4 Å². The number of primary sulfonamides is 1. The molecule has 8 nitrogen and oxygen atoms in total. The van der Waals surface area contributed by atoms with E-state index in [1.165, 1.54) is 16.8 Å². The fraction of sp³-hybridized carbons (Fsp3) is 0.148. The van der Waals surface area contributed by atoms with Gasteiger partial charge in [0.15, 0.2) is 12.2 Å². The lowest BCUT2D eigenvalue weighted by Gasteiger charge is -2.17. The van der Waals surface area contributed by atoms with Crippen molar-refractivity contribution in [2.24, 2.45) is 5.14 Å². The monoisotopic (exact) mass is 542 g/mol. The van der Waals surface area contributed by atoms with Crippen LogP contribution >= 0.6 is 0 Å². The van der Waals surface area contributed by atoms with Crippen LogP contribution in [0.15, 0.2) is 102 Å². The number of nitrogens with two attached hydrogens (primary N) is 1. The van der Waals surface area contributed by atoms with E-state index in [0.29, 0.717) is 12.5 Å². The summed E-state index contributed by atoms with van der Waals surface area (Å²) in [6.07, 6.45) is 0. The summed E-state index contributed by atoms with van der Waals surface area (Å²) >= 11 is 0. The maximum absolute atomic E-state index is 11.6. The first-order chi connectivity index (χ1) is 17.3. The van der Waals surface area contributed by atoms with Gasteiger partial charge >= 0.3 is 0 Å². The standard InChI is InChI=1S/C27H27N2O2S.ClHO4/c1-20(2)26-17-24(22-9-5-3-6-10-22)18-27(23-11-7-4-8-12-23)29(26)19-21-13-15-25(16-14-21)32(28,30)31;2-1(3,4)5/h3-18,20H,19H2,1-2H3,(H2,28,30,31);(H,2,3,4,5)/q+1;/p-1. The number of hydrogen-bond acceptors (Lipinski definition) is 6. The first-order valence-electron chi connectivity index (χ1n) is 11.2. The van der Waals surface area contributed by atoms with Crippen LogP contribution in [-0.4, -0.2) is 8.42 Å². The van der Waals surface area contributed by atoms with Crippen LogP contribution in [0.3, 0.4) is 0 Å². The maximum atomic E-state index is 11.6. The highest BCUT2D eigenvalue weighted by molar-refractivity contribution is 7.89. The third-order valence-corrected chi connectivity index (χ3v) is 6.49. The average molecular weight is 543 g/mol. The summed E-state index contributed by atoms with van der Waals surface area (Å²) in [6, 6.07) is 32.0. The molecular formula is C27H27ClN2O6S. The van der Waals surface area contributed by atoms with Gasteiger partial charge in [-0.15, -0.1) is 10.2 Å². The van der Waals surface area contributed by atoms with Gasteiger partial charge in [0, 0.05) is 29.2 Å². The molecule has 4 aromatic rings. The van der Waals surface area contributed by atoms with Crippen molar-refractivity contribution in [3.05, 3.63) is 108 Å². The summed E-state index contributed by atoms with van der Waals surface area (Å²) in [4.78, 5) is 0.123. The van der Waals surface area contributed by atoms with Crippen molar-refractivity contribution >= 4 is 10.0 Å². The Labute approximate surface area is 218 Å². The van der Waals surface area contributed by atoms with Crippen LogP contribution in [-0.2, 0) is 16.6 Å². The summed E-state index contributed by atoms with van der Waals surface area (Å²) < 4.78 is 59.5. The lowest BCUT2D eigenvalue weighted by atomic mass is 9.97. The van der Waals surface area contributed by atoms with E-state index in [0.717, 1.165) is 16.8 Å². The molecule has 0 bridgehead atoms. The second kappa shape index (κ2) is 11.9. The van der Waals surface area contributed by atoms with Crippen LogP contribution in [0.4, 0.5) is 0 Å². The molecule has 0 fully saturated rings. The Kier molecular flexibility index (Phi) is 9.16. The highest BCUT2D eigenvalue weighted by Gasteiger charge is 2.24. The molecule has 0 saturated carbocycles. The fourth-order valence-electron chi connectivity index (χ4n) is 3.91. The minimum Gasteiger partial charge on any atom is -0.225 e. The van der Waals surface area contributed by atoms with Crippen LogP contribution in [0.5, 0.6) is 0 Å². The molecule has 1 heterocycles. The lowest BCUT2D eigenvalue weighted by Crippen LogP contribution is -2.68. The largest absolute Gasteiger partial charge is 0.238 e. The van der Waals surface area contributed by atoms with Crippen LogP contribution < -0.4 is 28.3 Å². The van der Waals surface area contributed by atoms with E-state index < -0.39 is 20.3 Å². The Morgan fingerprint density at radius 1 is 0.757 bits per heavy atom. The molecule has 4 rings (SSSR count). The van der Waals surface area contributed by atoms with E-state index in [1.807, 2.05) is 36.4 Å². The van der Waals surface area contributed by atoms with E-state index in [9.17, 15) is 8.42 Å². The van der Waals surface area contributed by atoms with E-state index in [-0.39, 0.29) is 4.90 Å². The van der Waals surface area contributed by atoms with Gasteiger partial charge in [-0.05, 0) is 35.4 Å². The van der Waals surface area contributed by atoms with Gasteiger partial charge in [0.25, 0.3) is 0 Å². The quantitative estimate of drug-likeness (QED) is 0.347. The third kappa shape index (κ3) is 8.44. The van der Waals surface area contributed by atoms with E-state index in [2.05, 4.69) is 66.9 Å². The molecular weight excluding hydrogens is 516 g/mol. The van der Waals surface area contributed by atoms with Crippen molar-refractivity contribution in [1.29, 1.82) is 0 Å². The lowest BCUT2D eigenvalue weighted by molar-refractivity contribution is -2.00. The van der Waals surface area contributed by atoms with Gasteiger partial charge in [0.1, 0.15) is 0 Å². The predicted molar refractivity (Wildman–Crippen MR) is 129 cm³/mol. The number of benzene rings is 3. The zero-order chi connectivity index (χ0) is 27.2. The molecule has 0 aliphatic heterocycles. The smallest absolute Gasteiger partial charge is 0.225 e. The fourth-order valence-corrected chi connectivity index (χ4v) is 4.43. The zero-order valence-electron chi connectivity index (χ0n) is 20.3. The number of aromatic nitrogens is 1. The predicted octanol–water partition coefficient (Wildman–Crippen LogP) is 0.371. The molecule has 0 aliphatic rings. The first kappa shape index (κ1) is 28.4. The number of nitrogens with zero attached hydrogens (tertiary/aromatic N) is 1. The third-order valence-electron chi connectivity index (χ3n) is 5.56. The van der Waals surface area contributed by atoms with Gasteiger partial charge in [-0.25, -0.2) is 32.2 Å². The number of hydrogen-bond donors (Lipinski definition) is 1. The minimum atomic E-state index is -4.94. The zero-order valence-corrected chi connectivity index (χ0v) is 21.9. The molecule has 3 aromatic carbocycles. The molecule has 0 radical (unpaired) electrons. The summed E-state index contributed by atoms with van der Waals surface area (Å²) in [7, 11) is -8.65. The Balaban J connectivity index is 0.000000695. The molecule has 1 aromatic heterocycles. The van der Waals surface area contributed by atoms with Crippen molar-refractivity contribution in [3.63, 3.8) is 0 Å². The van der Waals surface area contributed by atoms with Gasteiger partial charge in [0.05, 0.1) is 4.90 Å². The molecule has 0 saturated heterocycles. The van der Waals surface area contributed by atoms with Gasteiger partial charge in [-0.2, -0.15) is 4.57 Å². The van der Waals surface area contributed by atoms with E-state index >= 15 is 0 Å². The van der Waals surface area contributed by atoms with Gasteiger partial charge in [-0.1, -0.05) is 74.5 Å². The molecule has 194 valence electrons. The summed E-state index contributed by atoms with van der Waals surface area (Å²) in [6.45, 7) is 5.01. The second-order valence-electron chi connectivity index (χ2n) is 8.59. The number of halogens is 1. The molecule has 2 N–H and O–H groups in total. The molecule has 0 amide bonds. The molecule has 0 atom stereocenters. The topological polar surface area (TPSA) is 156 Å². The van der Waals surface area contributed by atoms with Crippen molar-refractivity contribution < 1.29 is 41.9 Å². The highest BCUT2D eigenvalue weighted by atomic mass is 35.7.